The van der Waals surface area contributed by atoms with Gasteiger partial charge in [-0.2, -0.15) is 0 Å². The van der Waals surface area contributed by atoms with Crippen molar-refractivity contribution in [2.24, 2.45) is 11.1 Å². The minimum absolute atomic E-state index is 0.468. The molecule has 3 N–H and O–H groups in total. The highest BCUT2D eigenvalue weighted by Gasteiger charge is 2.29. The third-order valence-electron chi connectivity index (χ3n) is 4.49. The van der Waals surface area contributed by atoms with Crippen LogP contribution in [0.15, 0.2) is 0 Å². The molecular weight excluding hydrogens is 208 g/mol. The Bertz CT molecular complexity index is 185. The monoisotopic (exact) mass is 240 g/mol. The molecule has 0 radical (unpaired) electrons. The SMILES string of the molecule is CCCCC(C)NCCC1(CN)CCCCC1. The van der Waals surface area contributed by atoms with Crippen LogP contribution in [0.5, 0.6) is 0 Å². The topological polar surface area (TPSA) is 38.0 Å². The molecule has 0 spiro atoms. The summed E-state index contributed by atoms with van der Waals surface area (Å²) in [5, 5.41) is 3.67. The molecule has 1 fully saturated rings. The summed E-state index contributed by atoms with van der Waals surface area (Å²) in [5.74, 6) is 0. The average Bonchev–Trinajstić information content (AvgIpc) is 2.37. The third kappa shape index (κ3) is 5.39. The molecule has 17 heavy (non-hydrogen) atoms. The number of rotatable bonds is 8. The quantitative estimate of drug-likeness (QED) is 0.682. The van der Waals surface area contributed by atoms with Gasteiger partial charge in [-0.25, -0.2) is 0 Å². The van der Waals surface area contributed by atoms with Gasteiger partial charge in [0.15, 0.2) is 0 Å². The van der Waals surface area contributed by atoms with E-state index in [1.165, 1.54) is 57.8 Å². The van der Waals surface area contributed by atoms with E-state index in [9.17, 15) is 0 Å². The van der Waals surface area contributed by atoms with E-state index in [1.807, 2.05) is 0 Å². The van der Waals surface area contributed by atoms with Crippen LogP contribution in [0.3, 0.4) is 0 Å². The van der Waals surface area contributed by atoms with Gasteiger partial charge in [-0.3, -0.25) is 0 Å². The molecule has 1 aliphatic carbocycles. The summed E-state index contributed by atoms with van der Waals surface area (Å²) >= 11 is 0. The predicted octanol–water partition coefficient (Wildman–Crippen LogP) is 3.45. The molecule has 0 heterocycles. The molecule has 2 nitrogen and oxygen atoms in total. The van der Waals surface area contributed by atoms with Crippen LogP contribution in [0.1, 0.15) is 71.6 Å². The summed E-state index contributed by atoms with van der Waals surface area (Å²) in [6, 6.07) is 0.674. The van der Waals surface area contributed by atoms with Crippen LogP contribution >= 0.6 is 0 Å². The molecular formula is C15H32N2. The lowest BCUT2D eigenvalue weighted by Gasteiger charge is -2.36. The van der Waals surface area contributed by atoms with E-state index in [0.717, 1.165) is 13.1 Å². The molecule has 1 atom stereocenters. The Kier molecular flexibility index (Phi) is 7.14. The molecule has 102 valence electrons. The Morgan fingerprint density at radius 1 is 1.24 bits per heavy atom. The van der Waals surface area contributed by atoms with Crippen molar-refractivity contribution in [3.05, 3.63) is 0 Å². The highest BCUT2D eigenvalue weighted by molar-refractivity contribution is 4.84. The van der Waals surface area contributed by atoms with E-state index in [1.54, 1.807) is 0 Å². The zero-order valence-electron chi connectivity index (χ0n) is 11.9. The van der Waals surface area contributed by atoms with Crippen LogP contribution in [-0.2, 0) is 0 Å². The Morgan fingerprint density at radius 3 is 2.53 bits per heavy atom. The average molecular weight is 240 g/mol. The highest BCUT2D eigenvalue weighted by atomic mass is 14.9. The molecule has 0 aliphatic heterocycles. The summed E-state index contributed by atoms with van der Waals surface area (Å²) in [7, 11) is 0. The van der Waals surface area contributed by atoms with E-state index >= 15 is 0 Å². The minimum Gasteiger partial charge on any atom is -0.330 e. The lowest BCUT2D eigenvalue weighted by atomic mass is 9.72. The highest BCUT2D eigenvalue weighted by Crippen LogP contribution is 2.37. The number of hydrogen-bond acceptors (Lipinski definition) is 2. The van der Waals surface area contributed by atoms with Gasteiger partial charge in [0, 0.05) is 6.04 Å². The fourth-order valence-corrected chi connectivity index (χ4v) is 3.05. The summed E-state index contributed by atoms with van der Waals surface area (Å²) in [5.41, 5.74) is 6.48. The zero-order valence-corrected chi connectivity index (χ0v) is 11.9. The normalized spacial score (nSPS) is 21.4. The maximum Gasteiger partial charge on any atom is 0.00387 e. The second-order valence-electron chi connectivity index (χ2n) is 6.01. The number of hydrogen-bond donors (Lipinski definition) is 2. The Balaban J connectivity index is 2.18. The number of unbranched alkanes of at least 4 members (excludes halogenated alkanes) is 1. The van der Waals surface area contributed by atoms with Crippen molar-refractivity contribution in [3.63, 3.8) is 0 Å². The fourth-order valence-electron chi connectivity index (χ4n) is 3.05. The lowest BCUT2D eigenvalue weighted by Crippen LogP contribution is -2.37. The Hall–Kier alpha value is -0.0800. The van der Waals surface area contributed by atoms with Crippen LogP contribution in [0, 0.1) is 5.41 Å². The maximum absolute atomic E-state index is 6.01. The van der Waals surface area contributed by atoms with Gasteiger partial charge in [-0.1, -0.05) is 39.0 Å². The van der Waals surface area contributed by atoms with Gasteiger partial charge < -0.3 is 11.1 Å². The molecule has 0 aromatic heterocycles. The van der Waals surface area contributed by atoms with Crippen LogP contribution in [0.25, 0.3) is 0 Å². The van der Waals surface area contributed by atoms with Crippen molar-refractivity contribution in [3.8, 4) is 0 Å². The van der Waals surface area contributed by atoms with Crippen molar-refractivity contribution in [2.75, 3.05) is 13.1 Å². The summed E-state index contributed by atoms with van der Waals surface area (Å²) in [4.78, 5) is 0. The first-order valence-corrected chi connectivity index (χ1v) is 7.66. The van der Waals surface area contributed by atoms with E-state index in [4.69, 9.17) is 5.73 Å². The third-order valence-corrected chi connectivity index (χ3v) is 4.49. The van der Waals surface area contributed by atoms with Gasteiger partial charge in [0.2, 0.25) is 0 Å². The van der Waals surface area contributed by atoms with E-state index in [0.29, 0.717) is 11.5 Å². The Labute approximate surface area is 108 Å². The number of nitrogens with one attached hydrogen (secondary N) is 1. The molecule has 0 aromatic carbocycles. The predicted molar refractivity (Wildman–Crippen MR) is 76.2 cm³/mol. The second kappa shape index (κ2) is 8.10. The molecule has 0 bridgehead atoms. The van der Waals surface area contributed by atoms with Crippen LogP contribution in [-0.4, -0.2) is 19.1 Å². The minimum atomic E-state index is 0.468. The van der Waals surface area contributed by atoms with Crippen molar-refractivity contribution in [1.82, 2.24) is 5.32 Å². The lowest BCUT2D eigenvalue weighted by molar-refractivity contribution is 0.179. The van der Waals surface area contributed by atoms with Crippen LogP contribution in [0.4, 0.5) is 0 Å². The largest absolute Gasteiger partial charge is 0.330 e. The molecule has 1 aliphatic rings. The van der Waals surface area contributed by atoms with Gasteiger partial charge in [0.25, 0.3) is 0 Å². The van der Waals surface area contributed by atoms with Crippen molar-refractivity contribution >= 4 is 0 Å². The molecule has 1 saturated carbocycles. The van der Waals surface area contributed by atoms with E-state index in [-0.39, 0.29) is 0 Å². The van der Waals surface area contributed by atoms with Crippen molar-refractivity contribution < 1.29 is 0 Å². The second-order valence-corrected chi connectivity index (χ2v) is 6.01. The first-order valence-electron chi connectivity index (χ1n) is 7.66. The first-order chi connectivity index (χ1) is 8.22. The van der Waals surface area contributed by atoms with Gasteiger partial charge in [-0.15, -0.1) is 0 Å². The summed E-state index contributed by atoms with van der Waals surface area (Å²) in [6.07, 6.45) is 12.2. The van der Waals surface area contributed by atoms with Crippen molar-refractivity contribution in [2.45, 2.75) is 77.7 Å². The molecule has 0 saturated heterocycles. The molecule has 1 unspecified atom stereocenters. The first kappa shape index (κ1) is 15.0. The maximum atomic E-state index is 6.01. The molecule has 0 amide bonds. The van der Waals surface area contributed by atoms with Gasteiger partial charge in [-0.05, 0) is 51.1 Å². The molecule has 0 aromatic rings. The smallest absolute Gasteiger partial charge is 0.00387 e. The van der Waals surface area contributed by atoms with Gasteiger partial charge >= 0.3 is 0 Å². The van der Waals surface area contributed by atoms with E-state index in [2.05, 4.69) is 19.2 Å². The van der Waals surface area contributed by atoms with E-state index < -0.39 is 0 Å². The molecule has 2 heteroatoms. The van der Waals surface area contributed by atoms with Crippen LogP contribution in [0.2, 0.25) is 0 Å². The molecule has 1 rings (SSSR count). The van der Waals surface area contributed by atoms with Crippen LogP contribution < -0.4 is 11.1 Å². The summed E-state index contributed by atoms with van der Waals surface area (Å²) in [6.45, 7) is 6.61. The Morgan fingerprint density at radius 2 is 1.94 bits per heavy atom. The zero-order chi connectivity index (χ0) is 12.6. The van der Waals surface area contributed by atoms with Gasteiger partial charge in [0.1, 0.15) is 0 Å². The number of nitrogens with two attached hydrogens (primary N) is 1. The van der Waals surface area contributed by atoms with Crippen molar-refractivity contribution in [1.29, 1.82) is 0 Å². The van der Waals surface area contributed by atoms with Gasteiger partial charge in [0.05, 0.1) is 0 Å². The standard InChI is InChI=1S/C15H32N2/c1-3-4-8-14(2)17-12-11-15(13-16)9-6-5-7-10-15/h14,17H,3-13,16H2,1-2H3. The fraction of sp³-hybridized carbons (Fsp3) is 1.00. The summed E-state index contributed by atoms with van der Waals surface area (Å²) < 4.78 is 0.